The second kappa shape index (κ2) is 6.58. The first-order valence-electron chi connectivity index (χ1n) is 7.78. The molecule has 1 aromatic heterocycles. The molecule has 3 rings (SSSR count). The van der Waals surface area contributed by atoms with Gasteiger partial charge in [-0.3, -0.25) is 9.48 Å². The van der Waals surface area contributed by atoms with Gasteiger partial charge in [-0.1, -0.05) is 18.2 Å². The second-order valence-corrected chi connectivity index (χ2v) is 5.69. The molecule has 0 atom stereocenters. The number of benzene rings is 2. The number of nitrogens with one attached hydrogen (secondary N) is 2. The van der Waals surface area contributed by atoms with Crippen LogP contribution in [0.1, 0.15) is 21.7 Å². The molecule has 0 saturated carbocycles. The van der Waals surface area contributed by atoms with Crippen molar-refractivity contribution in [1.29, 1.82) is 0 Å². The van der Waals surface area contributed by atoms with Crippen molar-refractivity contribution in [3.8, 4) is 0 Å². The molecule has 2 aromatic carbocycles. The van der Waals surface area contributed by atoms with E-state index in [1.54, 1.807) is 4.68 Å². The maximum absolute atomic E-state index is 12.5. The van der Waals surface area contributed by atoms with E-state index >= 15 is 0 Å². The van der Waals surface area contributed by atoms with Crippen LogP contribution in [0.25, 0.3) is 0 Å². The number of aromatic nitrogens is 2. The minimum atomic E-state index is -0.137. The van der Waals surface area contributed by atoms with E-state index in [1.165, 1.54) is 0 Å². The fourth-order valence-corrected chi connectivity index (χ4v) is 2.62. The molecule has 0 fully saturated rings. The Morgan fingerprint density at radius 1 is 0.917 bits per heavy atom. The standard InChI is InChI=1S/C19H20N4O/c1-13-18(14(2)23(3)22-13)19(24)21-17-11-9-16(10-12-17)20-15-7-5-4-6-8-15/h4-12,20H,1-3H3,(H,21,24). The predicted molar refractivity (Wildman–Crippen MR) is 96.8 cm³/mol. The Morgan fingerprint density at radius 3 is 2.08 bits per heavy atom. The summed E-state index contributed by atoms with van der Waals surface area (Å²) in [6.07, 6.45) is 0. The Bertz CT molecular complexity index is 851. The number of hydrogen-bond donors (Lipinski definition) is 2. The van der Waals surface area contributed by atoms with Crippen molar-refractivity contribution in [3.05, 3.63) is 71.5 Å². The molecular formula is C19H20N4O. The first-order chi connectivity index (χ1) is 11.5. The molecule has 0 unspecified atom stereocenters. The molecule has 1 heterocycles. The van der Waals surface area contributed by atoms with Gasteiger partial charge in [0.2, 0.25) is 0 Å². The summed E-state index contributed by atoms with van der Waals surface area (Å²) in [6, 6.07) is 17.6. The van der Waals surface area contributed by atoms with E-state index in [4.69, 9.17) is 0 Å². The van der Waals surface area contributed by atoms with Gasteiger partial charge in [0.15, 0.2) is 0 Å². The molecule has 0 spiro atoms. The fraction of sp³-hybridized carbons (Fsp3) is 0.158. The summed E-state index contributed by atoms with van der Waals surface area (Å²) >= 11 is 0. The second-order valence-electron chi connectivity index (χ2n) is 5.69. The van der Waals surface area contributed by atoms with E-state index in [0.29, 0.717) is 5.56 Å². The van der Waals surface area contributed by atoms with Gasteiger partial charge >= 0.3 is 0 Å². The monoisotopic (exact) mass is 320 g/mol. The Labute approximate surface area is 141 Å². The zero-order valence-electron chi connectivity index (χ0n) is 14.0. The van der Waals surface area contributed by atoms with Crippen LogP contribution in [0.15, 0.2) is 54.6 Å². The molecule has 0 bridgehead atoms. The van der Waals surface area contributed by atoms with Crippen LogP contribution in [0.4, 0.5) is 17.1 Å². The number of aryl methyl sites for hydroxylation is 2. The lowest BCUT2D eigenvalue weighted by Gasteiger charge is -2.09. The third-order valence-corrected chi connectivity index (χ3v) is 3.94. The minimum absolute atomic E-state index is 0.137. The summed E-state index contributed by atoms with van der Waals surface area (Å²) in [5.74, 6) is -0.137. The Hall–Kier alpha value is -3.08. The van der Waals surface area contributed by atoms with Gasteiger partial charge in [0.25, 0.3) is 5.91 Å². The first kappa shape index (κ1) is 15.8. The molecule has 0 saturated heterocycles. The van der Waals surface area contributed by atoms with Crippen LogP contribution in [0.3, 0.4) is 0 Å². The molecular weight excluding hydrogens is 300 g/mol. The lowest BCUT2D eigenvalue weighted by molar-refractivity contribution is 0.102. The summed E-state index contributed by atoms with van der Waals surface area (Å²) in [5.41, 5.74) is 4.95. The van der Waals surface area contributed by atoms with E-state index in [1.807, 2.05) is 75.5 Å². The van der Waals surface area contributed by atoms with Gasteiger partial charge in [-0.15, -0.1) is 0 Å². The number of carbonyl (C=O) groups excluding carboxylic acids is 1. The maximum atomic E-state index is 12.5. The van der Waals surface area contributed by atoms with Crippen LogP contribution >= 0.6 is 0 Å². The van der Waals surface area contributed by atoms with E-state index < -0.39 is 0 Å². The van der Waals surface area contributed by atoms with Crippen molar-refractivity contribution in [3.63, 3.8) is 0 Å². The number of para-hydroxylation sites is 1. The van der Waals surface area contributed by atoms with Gasteiger partial charge < -0.3 is 10.6 Å². The molecule has 1 amide bonds. The van der Waals surface area contributed by atoms with Crippen LogP contribution in [-0.4, -0.2) is 15.7 Å². The number of anilines is 3. The molecule has 0 aliphatic rings. The van der Waals surface area contributed by atoms with Crippen molar-refractivity contribution in [1.82, 2.24) is 9.78 Å². The summed E-state index contributed by atoms with van der Waals surface area (Å²) in [7, 11) is 1.84. The zero-order valence-corrected chi connectivity index (χ0v) is 14.0. The number of amides is 1. The number of nitrogens with zero attached hydrogens (tertiary/aromatic N) is 2. The predicted octanol–water partition coefficient (Wildman–Crippen LogP) is 4.03. The largest absolute Gasteiger partial charge is 0.356 e. The van der Waals surface area contributed by atoms with Crippen molar-refractivity contribution >= 4 is 23.0 Å². The van der Waals surface area contributed by atoms with Crippen molar-refractivity contribution in [2.75, 3.05) is 10.6 Å². The van der Waals surface area contributed by atoms with Crippen LogP contribution in [-0.2, 0) is 7.05 Å². The third-order valence-electron chi connectivity index (χ3n) is 3.94. The first-order valence-corrected chi connectivity index (χ1v) is 7.78. The maximum Gasteiger partial charge on any atom is 0.259 e. The molecule has 24 heavy (non-hydrogen) atoms. The third kappa shape index (κ3) is 3.30. The summed E-state index contributed by atoms with van der Waals surface area (Å²) in [6.45, 7) is 3.73. The average Bonchev–Trinajstić information content (AvgIpc) is 2.83. The van der Waals surface area contributed by atoms with Crippen molar-refractivity contribution in [2.45, 2.75) is 13.8 Å². The van der Waals surface area contributed by atoms with Crippen LogP contribution < -0.4 is 10.6 Å². The molecule has 0 aliphatic heterocycles. The molecule has 5 heteroatoms. The van der Waals surface area contributed by atoms with Gasteiger partial charge in [-0.2, -0.15) is 5.10 Å². The number of carbonyl (C=O) groups is 1. The highest BCUT2D eigenvalue weighted by Crippen LogP contribution is 2.20. The molecule has 0 aliphatic carbocycles. The van der Waals surface area contributed by atoms with Gasteiger partial charge in [0.05, 0.1) is 11.3 Å². The summed E-state index contributed by atoms with van der Waals surface area (Å²) in [4.78, 5) is 12.5. The molecule has 122 valence electrons. The molecule has 2 N–H and O–H groups in total. The van der Waals surface area contributed by atoms with Crippen LogP contribution in [0.2, 0.25) is 0 Å². The lowest BCUT2D eigenvalue weighted by atomic mass is 10.1. The molecule has 0 radical (unpaired) electrons. The van der Waals surface area contributed by atoms with Crippen molar-refractivity contribution in [2.24, 2.45) is 7.05 Å². The van der Waals surface area contributed by atoms with E-state index in [2.05, 4.69) is 15.7 Å². The van der Waals surface area contributed by atoms with Gasteiger partial charge in [-0.25, -0.2) is 0 Å². The normalized spacial score (nSPS) is 10.5. The number of hydrogen-bond acceptors (Lipinski definition) is 3. The minimum Gasteiger partial charge on any atom is -0.356 e. The SMILES string of the molecule is Cc1nn(C)c(C)c1C(=O)Nc1ccc(Nc2ccccc2)cc1. The fourth-order valence-electron chi connectivity index (χ4n) is 2.62. The van der Waals surface area contributed by atoms with Gasteiger partial charge in [0.1, 0.15) is 0 Å². The Kier molecular flexibility index (Phi) is 4.33. The molecule has 5 nitrogen and oxygen atoms in total. The van der Waals surface area contributed by atoms with Crippen molar-refractivity contribution < 1.29 is 4.79 Å². The average molecular weight is 320 g/mol. The lowest BCUT2D eigenvalue weighted by Crippen LogP contribution is -2.14. The van der Waals surface area contributed by atoms with Gasteiger partial charge in [-0.05, 0) is 50.2 Å². The Morgan fingerprint density at radius 2 is 1.50 bits per heavy atom. The highest BCUT2D eigenvalue weighted by Gasteiger charge is 2.17. The van der Waals surface area contributed by atoms with E-state index in [-0.39, 0.29) is 5.91 Å². The summed E-state index contributed by atoms with van der Waals surface area (Å²) in [5, 5.41) is 10.5. The van der Waals surface area contributed by atoms with Crippen LogP contribution in [0.5, 0.6) is 0 Å². The highest BCUT2D eigenvalue weighted by atomic mass is 16.1. The quantitative estimate of drug-likeness (QED) is 0.763. The van der Waals surface area contributed by atoms with E-state index in [0.717, 1.165) is 28.5 Å². The topological polar surface area (TPSA) is 59.0 Å². The van der Waals surface area contributed by atoms with Crippen LogP contribution in [0, 0.1) is 13.8 Å². The smallest absolute Gasteiger partial charge is 0.259 e. The molecule has 3 aromatic rings. The van der Waals surface area contributed by atoms with E-state index in [9.17, 15) is 4.79 Å². The summed E-state index contributed by atoms with van der Waals surface area (Å²) < 4.78 is 1.72. The number of rotatable bonds is 4. The zero-order chi connectivity index (χ0) is 17.1. The van der Waals surface area contributed by atoms with Gasteiger partial charge in [0, 0.05) is 29.8 Å². The Balaban J connectivity index is 1.71. The highest BCUT2D eigenvalue weighted by molar-refractivity contribution is 6.05.